The molecule has 5 nitrogen and oxygen atoms in total. The van der Waals surface area contributed by atoms with E-state index in [1.54, 1.807) is 30.3 Å². The molecular weight excluding hydrogens is 222 g/mol. The molecule has 0 aliphatic rings. The molecule has 0 radical (unpaired) electrons. The van der Waals surface area contributed by atoms with Crippen LogP contribution in [0.3, 0.4) is 0 Å². The Labute approximate surface area is 99.4 Å². The Morgan fingerprint density at radius 3 is 2.41 bits per heavy atom. The highest BCUT2D eigenvalue weighted by Gasteiger charge is 2.22. The number of aliphatic hydroxyl groups is 1. The molecule has 92 valence electrons. The summed E-state index contributed by atoms with van der Waals surface area (Å²) in [5, 5.41) is 12.1. The van der Waals surface area contributed by atoms with E-state index < -0.39 is 24.0 Å². The van der Waals surface area contributed by atoms with Crippen molar-refractivity contribution in [3.05, 3.63) is 35.9 Å². The molecule has 1 aromatic carbocycles. The lowest BCUT2D eigenvalue weighted by molar-refractivity contribution is -0.145. The lowest BCUT2D eigenvalue weighted by Crippen LogP contribution is -2.41. The highest BCUT2D eigenvalue weighted by atomic mass is 16.5. The summed E-state index contributed by atoms with van der Waals surface area (Å²) in [4.78, 5) is 22.7. The molecule has 0 bridgehead atoms. The lowest BCUT2D eigenvalue weighted by atomic mass is 10.1. The molecule has 17 heavy (non-hydrogen) atoms. The van der Waals surface area contributed by atoms with E-state index >= 15 is 0 Å². The molecule has 2 atom stereocenters. The molecule has 1 amide bonds. The molecule has 0 saturated carbocycles. The molecule has 5 heteroatoms. The molecule has 0 aliphatic carbocycles. The molecule has 0 spiro atoms. The van der Waals surface area contributed by atoms with Crippen LogP contribution in [0.25, 0.3) is 0 Å². The fourth-order valence-electron chi connectivity index (χ4n) is 1.31. The zero-order valence-electron chi connectivity index (χ0n) is 9.71. The van der Waals surface area contributed by atoms with E-state index in [-0.39, 0.29) is 0 Å². The van der Waals surface area contributed by atoms with Crippen molar-refractivity contribution in [3.8, 4) is 0 Å². The fourth-order valence-corrected chi connectivity index (χ4v) is 1.31. The Balaban J connectivity index is 2.62. The van der Waals surface area contributed by atoms with E-state index in [9.17, 15) is 14.7 Å². The molecule has 0 saturated heterocycles. The van der Waals surface area contributed by atoms with Gasteiger partial charge in [0.2, 0.25) is 0 Å². The maximum absolute atomic E-state index is 11.6. The third kappa shape index (κ3) is 3.57. The van der Waals surface area contributed by atoms with Gasteiger partial charge in [-0.1, -0.05) is 30.3 Å². The molecule has 0 aromatic heterocycles. The number of esters is 1. The Morgan fingerprint density at radius 2 is 1.88 bits per heavy atom. The number of carbonyl (C=O) groups is 2. The van der Waals surface area contributed by atoms with Crippen molar-refractivity contribution in [3.63, 3.8) is 0 Å². The molecule has 0 aliphatic heterocycles. The minimum Gasteiger partial charge on any atom is -0.467 e. The van der Waals surface area contributed by atoms with Crippen molar-refractivity contribution in [2.45, 2.75) is 19.1 Å². The Morgan fingerprint density at radius 1 is 1.29 bits per heavy atom. The van der Waals surface area contributed by atoms with Gasteiger partial charge in [-0.2, -0.15) is 0 Å². The van der Waals surface area contributed by atoms with E-state index in [2.05, 4.69) is 10.1 Å². The topological polar surface area (TPSA) is 75.6 Å². The number of hydrogen-bond donors (Lipinski definition) is 2. The predicted octanol–water partition coefficient (Wildman–Crippen LogP) is 0.398. The second-order valence-electron chi connectivity index (χ2n) is 3.57. The minimum atomic E-state index is -1.29. The first-order valence-corrected chi connectivity index (χ1v) is 5.17. The van der Waals surface area contributed by atoms with Gasteiger partial charge in [0.25, 0.3) is 5.91 Å². The Bertz CT molecular complexity index is 391. The number of amides is 1. The SMILES string of the molecule is COC(=O)[C@H](C)NC(=O)[C@H](O)c1ccccc1. The van der Waals surface area contributed by atoms with Crippen molar-refractivity contribution in [1.29, 1.82) is 0 Å². The minimum absolute atomic E-state index is 0.474. The Kier molecular flexibility index (Phi) is 4.66. The number of benzene rings is 1. The quantitative estimate of drug-likeness (QED) is 0.743. The number of hydrogen-bond acceptors (Lipinski definition) is 4. The highest BCUT2D eigenvalue weighted by Crippen LogP contribution is 2.12. The van der Waals surface area contributed by atoms with E-state index in [1.807, 2.05) is 0 Å². The maximum atomic E-state index is 11.6. The first kappa shape index (κ1) is 13.2. The summed E-state index contributed by atoms with van der Waals surface area (Å²) in [7, 11) is 1.23. The average molecular weight is 237 g/mol. The normalized spacial score (nSPS) is 13.6. The van der Waals surface area contributed by atoms with Gasteiger partial charge in [0.15, 0.2) is 6.10 Å². The number of nitrogens with one attached hydrogen (secondary N) is 1. The van der Waals surface area contributed by atoms with Crippen LogP contribution in [0.1, 0.15) is 18.6 Å². The summed E-state index contributed by atoms with van der Waals surface area (Å²) < 4.78 is 4.46. The van der Waals surface area contributed by atoms with Gasteiger partial charge < -0.3 is 15.2 Å². The lowest BCUT2D eigenvalue weighted by Gasteiger charge is -2.15. The summed E-state index contributed by atoms with van der Waals surface area (Å²) in [6, 6.07) is 7.70. The molecule has 2 N–H and O–H groups in total. The Hall–Kier alpha value is -1.88. The van der Waals surface area contributed by atoms with Crippen LogP contribution in [0.4, 0.5) is 0 Å². The van der Waals surface area contributed by atoms with Gasteiger partial charge in [-0.05, 0) is 12.5 Å². The zero-order valence-corrected chi connectivity index (χ0v) is 9.71. The molecule has 1 aromatic rings. The summed E-state index contributed by atoms with van der Waals surface area (Å²) >= 11 is 0. The van der Waals surface area contributed by atoms with E-state index in [0.29, 0.717) is 5.56 Å². The van der Waals surface area contributed by atoms with Crippen LogP contribution >= 0.6 is 0 Å². The second kappa shape index (κ2) is 6.00. The van der Waals surface area contributed by atoms with Crippen molar-refractivity contribution >= 4 is 11.9 Å². The van der Waals surface area contributed by atoms with E-state index in [1.165, 1.54) is 14.0 Å². The first-order chi connectivity index (χ1) is 8.06. The van der Waals surface area contributed by atoms with E-state index in [0.717, 1.165) is 0 Å². The number of aliphatic hydroxyl groups excluding tert-OH is 1. The summed E-state index contributed by atoms with van der Waals surface area (Å²) in [6.07, 6.45) is -1.29. The van der Waals surface area contributed by atoms with Gasteiger partial charge in [0.1, 0.15) is 6.04 Å². The van der Waals surface area contributed by atoms with Gasteiger partial charge in [0, 0.05) is 0 Å². The number of ether oxygens (including phenoxy) is 1. The van der Waals surface area contributed by atoms with Crippen LogP contribution in [0.15, 0.2) is 30.3 Å². The molecule has 0 heterocycles. The number of methoxy groups -OCH3 is 1. The fraction of sp³-hybridized carbons (Fsp3) is 0.333. The largest absolute Gasteiger partial charge is 0.467 e. The van der Waals surface area contributed by atoms with Crippen LogP contribution in [-0.4, -0.2) is 30.1 Å². The standard InChI is InChI=1S/C12H15NO4/c1-8(12(16)17-2)13-11(15)10(14)9-6-4-3-5-7-9/h3-8,10,14H,1-2H3,(H,13,15)/t8-,10+/m0/s1. The summed E-state index contributed by atoms with van der Waals surface area (Å²) in [6.45, 7) is 1.49. The van der Waals surface area contributed by atoms with E-state index in [4.69, 9.17) is 0 Å². The van der Waals surface area contributed by atoms with Crippen LogP contribution in [0, 0.1) is 0 Å². The molecular formula is C12H15NO4. The number of carbonyl (C=O) groups excluding carboxylic acids is 2. The third-order valence-electron chi connectivity index (χ3n) is 2.28. The van der Waals surface area contributed by atoms with Crippen molar-refractivity contribution in [2.24, 2.45) is 0 Å². The molecule has 0 unspecified atom stereocenters. The average Bonchev–Trinajstić information content (AvgIpc) is 2.37. The predicted molar refractivity (Wildman–Crippen MR) is 61.0 cm³/mol. The van der Waals surface area contributed by atoms with Crippen LogP contribution in [0.2, 0.25) is 0 Å². The smallest absolute Gasteiger partial charge is 0.328 e. The number of rotatable bonds is 4. The zero-order chi connectivity index (χ0) is 12.8. The monoisotopic (exact) mass is 237 g/mol. The maximum Gasteiger partial charge on any atom is 0.328 e. The summed E-state index contributed by atoms with van der Waals surface area (Å²) in [5.74, 6) is -1.19. The molecule has 1 rings (SSSR count). The van der Waals surface area contributed by atoms with Gasteiger partial charge >= 0.3 is 5.97 Å². The summed E-state index contributed by atoms with van der Waals surface area (Å²) in [5.41, 5.74) is 0.474. The van der Waals surface area contributed by atoms with Gasteiger partial charge in [-0.15, -0.1) is 0 Å². The second-order valence-corrected chi connectivity index (χ2v) is 3.57. The third-order valence-corrected chi connectivity index (χ3v) is 2.28. The van der Waals surface area contributed by atoms with Gasteiger partial charge in [-0.25, -0.2) is 4.79 Å². The molecule has 0 fully saturated rings. The first-order valence-electron chi connectivity index (χ1n) is 5.17. The van der Waals surface area contributed by atoms with Crippen LogP contribution in [-0.2, 0) is 14.3 Å². The van der Waals surface area contributed by atoms with Crippen molar-refractivity contribution in [1.82, 2.24) is 5.32 Å². The van der Waals surface area contributed by atoms with Gasteiger partial charge in [0.05, 0.1) is 7.11 Å². The van der Waals surface area contributed by atoms with Gasteiger partial charge in [-0.3, -0.25) is 4.79 Å². The van der Waals surface area contributed by atoms with Crippen molar-refractivity contribution < 1.29 is 19.4 Å². The van der Waals surface area contributed by atoms with Crippen LogP contribution < -0.4 is 5.32 Å². The van der Waals surface area contributed by atoms with Crippen LogP contribution in [0.5, 0.6) is 0 Å². The van der Waals surface area contributed by atoms with Crippen molar-refractivity contribution in [2.75, 3.05) is 7.11 Å². The highest BCUT2D eigenvalue weighted by molar-refractivity contribution is 5.87.